The third-order valence-electron chi connectivity index (χ3n) is 4.45. The second kappa shape index (κ2) is 7.68. The SMILES string of the molecule is CC(C)C(=O)NCCNC(=O)c1nn(-c2ccc(F)cc2)c2c1CCC2. The molecule has 7 heteroatoms. The van der Waals surface area contributed by atoms with Crippen molar-refractivity contribution in [1.82, 2.24) is 20.4 Å². The summed E-state index contributed by atoms with van der Waals surface area (Å²) in [4.78, 5) is 24.1. The van der Waals surface area contributed by atoms with Crippen LogP contribution in [0.3, 0.4) is 0 Å². The summed E-state index contributed by atoms with van der Waals surface area (Å²) in [5.41, 5.74) is 3.12. The molecule has 1 heterocycles. The maximum atomic E-state index is 13.2. The van der Waals surface area contributed by atoms with Crippen molar-refractivity contribution in [1.29, 1.82) is 0 Å². The third kappa shape index (κ3) is 3.76. The fraction of sp³-hybridized carbons (Fsp3) is 0.421. The first-order chi connectivity index (χ1) is 12.5. The zero-order chi connectivity index (χ0) is 18.7. The lowest BCUT2D eigenvalue weighted by Gasteiger charge is -2.08. The van der Waals surface area contributed by atoms with Crippen LogP contribution in [-0.2, 0) is 17.6 Å². The Kier molecular flexibility index (Phi) is 5.35. The molecule has 0 saturated carbocycles. The molecule has 3 rings (SSSR count). The number of halogens is 1. The van der Waals surface area contributed by atoms with Crippen LogP contribution in [0.2, 0.25) is 0 Å². The summed E-state index contributed by atoms with van der Waals surface area (Å²) in [6, 6.07) is 6.08. The van der Waals surface area contributed by atoms with Crippen LogP contribution in [0.15, 0.2) is 24.3 Å². The molecular weight excluding hydrogens is 335 g/mol. The van der Waals surface area contributed by atoms with Gasteiger partial charge in [-0.05, 0) is 43.5 Å². The first-order valence-electron chi connectivity index (χ1n) is 8.90. The predicted octanol–water partition coefficient (Wildman–Crippen LogP) is 2.00. The Morgan fingerprint density at radius 2 is 1.85 bits per heavy atom. The molecular formula is C19H23FN4O2. The van der Waals surface area contributed by atoms with Gasteiger partial charge in [0.15, 0.2) is 5.69 Å². The van der Waals surface area contributed by atoms with E-state index in [-0.39, 0.29) is 23.5 Å². The molecule has 1 aliphatic carbocycles. The molecule has 2 amide bonds. The van der Waals surface area contributed by atoms with Gasteiger partial charge in [0.05, 0.1) is 5.69 Å². The maximum Gasteiger partial charge on any atom is 0.272 e. The number of carbonyl (C=O) groups excluding carboxylic acids is 2. The first kappa shape index (κ1) is 18.1. The molecule has 26 heavy (non-hydrogen) atoms. The molecule has 2 aromatic rings. The van der Waals surface area contributed by atoms with Crippen molar-refractivity contribution in [3.8, 4) is 5.69 Å². The summed E-state index contributed by atoms with van der Waals surface area (Å²) >= 11 is 0. The molecule has 1 aromatic heterocycles. The van der Waals surface area contributed by atoms with Gasteiger partial charge in [-0.2, -0.15) is 5.10 Å². The van der Waals surface area contributed by atoms with Crippen LogP contribution in [0.1, 0.15) is 42.0 Å². The van der Waals surface area contributed by atoms with Crippen molar-refractivity contribution in [3.05, 3.63) is 47.0 Å². The van der Waals surface area contributed by atoms with Gasteiger partial charge in [-0.15, -0.1) is 0 Å². The maximum absolute atomic E-state index is 13.2. The molecule has 0 radical (unpaired) electrons. The number of nitrogens with one attached hydrogen (secondary N) is 2. The average Bonchev–Trinajstić information content (AvgIpc) is 3.21. The molecule has 0 unspecified atom stereocenters. The van der Waals surface area contributed by atoms with Gasteiger partial charge in [-0.1, -0.05) is 13.8 Å². The van der Waals surface area contributed by atoms with Gasteiger partial charge in [0.25, 0.3) is 5.91 Å². The number of fused-ring (bicyclic) bond motifs is 1. The minimum absolute atomic E-state index is 0.0410. The number of benzene rings is 1. The predicted molar refractivity (Wildman–Crippen MR) is 95.7 cm³/mol. The largest absolute Gasteiger partial charge is 0.354 e. The Hall–Kier alpha value is -2.70. The van der Waals surface area contributed by atoms with Crippen LogP contribution in [0, 0.1) is 11.7 Å². The second-order valence-corrected chi connectivity index (χ2v) is 6.72. The van der Waals surface area contributed by atoms with Crippen LogP contribution in [-0.4, -0.2) is 34.7 Å². The zero-order valence-corrected chi connectivity index (χ0v) is 15.0. The van der Waals surface area contributed by atoms with Gasteiger partial charge < -0.3 is 10.6 Å². The van der Waals surface area contributed by atoms with Gasteiger partial charge in [-0.3, -0.25) is 9.59 Å². The minimum Gasteiger partial charge on any atom is -0.354 e. The Morgan fingerprint density at radius 1 is 1.15 bits per heavy atom. The highest BCUT2D eigenvalue weighted by Crippen LogP contribution is 2.27. The lowest BCUT2D eigenvalue weighted by Crippen LogP contribution is -2.36. The Bertz CT molecular complexity index is 812. The number of hydrogen-bond donors (Lipinski definition) is 2. The van der Waals surface area contributed by atoms with E-state index in [1.165, 1.54) is 12.1 Å². The van der Waals surface area contributed by atoms with Crippen LogP contribution in [0.4, 0.5) is 4.39 Å². The van der Waals surface area contributed by atoms with Crippen molar-refractivity contribution in [2.75, 3.05) is 13.1 Å². The summed E-state index contributed by atoms with van der Waals surface area (Å²) in [7, 11) is 0. The van der Waals surface area contributed by atoms with Crippen molar-refractivity contribution in [2.24, 2.45) is 5.92 Å². The first-order valence-corrected chi connectivity index (χ1v) is 8.90. The third-order valence-corrected chi connectivity index (χ3v) is 4.45. The number of rotatable bonds is 6. The quantitative estimate of drug-likeness (QED) is 0.776. The highest BCUT2D eigenvalue weighted by Gasteiger charge is 2.26. The monoisotopic (exact) mass is 358 g/mol. The van der Waals surface area contributed by atoms with Crippen molar-refractivity contribution in [2.45, 2.75) is 33.1 Å². The van der Waals surface area contributed by atoms with Crippen LogP contribution in [0.25, 0.3) is 5.69 Å². The molecule has 0 atom stereocenters. The summed E-state index contributed by atoms with van der Waals surface area (Å²) < 4.78 is 14.9. The molecule has 0 fully saturated rings. The number of aromatic nitrogens is 2. The standard InChI is InChI=1S/C19H23FN4O2/c1-12(2)18(25)21-10-11-22-19(26)17-15-4-3-5-16(15)24(23-17)14-8-6-13(20)7-9-14/h6-9,12H,3-5,10-11H2,1-2H3,(H,21,25)(H,22,26). The van der Waals surface area contributed by atoms with E-state index in [1.54, 1.807) is 16.8 Å². The van der Waals surface area contributed by atoms with Crippen molar-refractivity contribution < 1.29 is 14.0 Å². The number of nitrogens with zero attached hydrogens (tertiary/aromatic N) is 2. The van der Waals surface area contributed by atoms with E-state index in [0.29, 0.717) is 18.8 Å². The molecule has 0 bridgehead atoms. The second-order valence-electron chi connectivity index (χ2n) is 6.72. The van der Waals surface area contributed by atoms with E-state index in [4.69, 9.17) is 0 Å². The van der Waals surface area contributed by atoms with E-state index in [0.717, 1.165) is 36.2 Å². The van der Waals surface area contributed by atoms with Gasteiger partial charge in [0.2, 0.25) is 5.91 Å². The van der Waals surface area contributed by atoms with E-state index >= 15 is 0 Å². The van der Waals surface area contributed by atoms with Crippen molar-refractivity contribution in [3.63, 3.8) is 0 Å². The van der Waals surface area contributed by atoms with E-state index in [9.17, 15) is 14.0 Å². The van der Waals surface area contributed by atoms with Gasteiger partial charge in [-0.25, -0.2) is 9.07 Å². The van der Waals surface area contributed by atoms with Gasteiger partial charge in [0, 0.05) is 30.3 Å². The van der Waals surface area contributed by atoms with Gasteiger partial charge >= 0.3 is 0 Å². The Balaban J connectivity index is 1.70. The topological polar surface area (TPSA) is 76.0 Å². The lowest BCUT2D eigenvalue weighted by atomic mass is 10.2. The van der Waals surface area contributed by atoms with Crippen molar-refractivity contribution >= 4 is 11.8 Å². The normalized spacial score (nSPS) is 12.9. The summed E-state index contributed by atoms with van der Waals surface area (Å²) in [5.74, 6) is -0.678. The minimum atomic E-state index is -0.307. The lowest BCUT2D eigenvalue weighted by molar-refractivity contribution is -0.123. The summed E-state index contributed by atoms with van der Waals surface area (Å²) in [5, 5.41) is 10.0. The highest BCUT2D eigenvalue weighted by molar-refractivity contribution is 5.94. The van der Waals surface area contributed by atoms with Crippen LogP contribution < -0.4 is 10.6 Å². The molecule has 0 aliphatic heterocycles. The summed E-state index contributed by atoms with van der Waals surface area (Å²) in [6.07, 6.45) is 2.62. The van der Waals surface area contributed by atoms with E-state index in [2.05, 4.69) is 15.7 Å². The number of hydrogen-bond acceptors (Lipinski definition) is 3. The van der Waals surface area contributed by atoms with Crippen LogP contribution in [0.5, 0.6) is 0 Å². The average molecular weight is 358 g/mol. The smallest absolute Gasteiger partial charge is 0.272 e. The molecule has 0 spiro atoms. The molecule has 2 N–H and O–H groups in total. The number of carbonyl (C=O) groups is 2. The summed E-state index contributed by atoms with van der Waals surface area (Å²) in [6.45, 7) is 4.36. The molecule has 1 aromatic carbocycles. The molecule has 138 valence electrons. The fourth-order valence-electron chi connectivity index (χ4n) is 3.07. The molecule has 1 aliphatic rings. The fourth-order valence-corrected chi connectivity index (χ4v) is 3.07. The number of amides is 2. The van der Waals surface area contributed by atoms with Gasteiger partial charge in [0.1, 0.15) is 5.82 Å². The molecule has 6 nitrogen and oxygen atoms in total. The van der Waals surface area contributed by atoms with E-state index in [1.807, 2.05) is 13.8 Å². The Labute approximate surface area is 151 Å². The molecule has 0 saturated heterocycles. The zero-order valence-electron chi connectivity index (χ0n) is 15.0. The van der Waals surface area contributed by atoms with Crippen LogP contribution >= 0.6 is 0 Å². The highest BCUT2D eigenvalue weighted by atomic mass is 19.1. The van der Waals surface area contributed by atoms with E-state index < -0.39 is 0 Å². The Morgan fingerprint density at radius 3 is 2.54 bits per heavy atom.